The molecule has 1 saturated carbocycles. The molecule has 1 aliphatic carbocycles. The molecule has 8 heteroatoms. The van der Waals surface area contributed by atoms with Crippen molar-refractivity contribution in [2.75, 3.05) is 45.9 Å². The second-order valence-electron chi connectivity index (χ2n) is 10.4. The van der Waals surface area contributed by atoms with Crippen molar-refractivity contribution in [1.82, 2.24) is 9.80 Å². The molecule has 0 radical (unpaired) electrons. The van der Waals surface area contributed by atoms with E-state index in [-0.39, 0.29) is 18.5 Å². The lowest BCUT2D eigenvalue weighted by molar-refractivity contribution is -0.144. The third kappa shape index (κ3) is 17.2. The van der Waals surface area contributed by atoms with Crippen molar-refractivity contribution in [3.63, 3.8) is 0 Å². The van der Waals surface area contributed by atoms with Crippen LogP contribution in [0, 0.1) is 5.92 Å². The van der Waals surface area contributed by atoms with Crippen LogP contribution in [-0.2, 0) is 18.6 Å². The van der Waals surface area contributed by atoms with Crippen LogP contribution in [0.15, 0.2) is 0 Å². The minimum atomic E-state index is -0.363. The van der Waals surface area contributed by atoms with Gasteiger partial charge in [0.25, 0.3) is 0 Å². The summed E-state index contributed by atoms with van der Waals surface area (Å²) in [6.45, 7) is 9.50. The maximum atomic E-state index is 11.8. The van der Waals surface area contributed by atoms with Crippen molar-refractivity contribution >= 4 is 23.8 Å². The summed E-state index contributed by atoms with van der Waals surface area (Å²) in [6, 6.07) is 0.588. The zero-order valence-electron chi connectivity index (χ0n) is 22.4. The molecule has 1 fully saturated rings. The van der Waals surface area contributed by atoms with Gasteiger partial charge < -0.3 is 19.0 Å². The molecule has 1 rings (SSSR count). The Labute approximate surface area is 219 Å². The second kappa shape index (κ2) is 21.2. The van der Waals surface area contributed by atoms with Crippen LogP contribution in [0.3, 0.4) is 0 Å². The van der Waals surface area contributed by atoms with E-state index >= 15 is 0 Å². The van der Waals surface area contributed by atoms with E-state index in [9.17, 15) is 14.7 Å². The van der Waals surface area contributed by atoms with Gasteiger partial charge in [0.1, 0.15) is 11.9 Å². The van der Waals surface area contributed by atoms with Gasteiger partial charge in [0, 0.05) is 38.5 Å². The van der Waals surface area contributed by atoms with Gasteiger partial charge >= 0.3 is 11.9 Å². The molecule has 0 aromatic carbocycles. The van der Waals surface area contributed by atoms with E-state index in [1.807, 2.05) is 13.8 Å². The number of unbranched alkanes of at least 4 members (excludes halogenated alkanes) is 4. The van der Waals surface area contributed by atoms with Gasteiger partial charge in [-0.1, -0.05) is 52.4 Å². The fraction of sp³-hybridized carbons (Fsp3) is 0.926. The molecular weight excluding hydrogens is 468 g/mol. The molecule has 1 N–H and O–H groups in total. The Bertz CT molecular complexity index is 542. The van der Waals surface area contributed by atoms with E-state index in [1.165, 1.54) is 38.5 Å². The molecule has 0 amide bonds. The smallest absolute Gasteiger partial charge is 0.324 e. The highest BCUT2D eigenvalue weighted by Crippen LogP contribution is 2.22. The fourth-order valence-electron chi connectivity index (χ4n) is 4.77. The Kier molecular flexibility index (Phi) is 19.5. The van der Waals surface area contributed by atoms with Gasteiger partial charge in [-0.25, -0.2) is 0 Å². The van der Waals surface area contributed by atoms with E-state index in [1.54, 1.807) is 0 Å². The van der Waals surface area contributed by atoms with Crippen molar-refractivity contribution in [2.45, 2.75) is 110 Å². The molecule has 0 atom stereocenters. The van der Waals surface area contributed by atoms with Crippen LogP contribution >= 0.6 is 11.9 Å². The zero-order valence-corrected chi connectivity index (χ0v) is 23.1. The minimum absolute atomic E-state index is 0.0888. The summed E-state index contributed by atoms with van der Waals surface area (Å²) < 4.78 is 9.49. The number of ether oxygens (including phenoxy) is 1. The maximum Gasteiger partial charge on any atom is 0.324 e. The maximum absolute atomic E-state index is 11.8. The first-order valence-corrected chi connectivity index (χ1v) is 14.3. The van der Waals surface area contributed by atoms with Crippen molar-refractivity contribution in [3.05, 3.63) is 0 Å². The number of carbonyl (C=O) groups excluding carboxylic acids is 2. The molecule has 0 aromatic rings. The molecule has 0 spiro atoms. The molecule has 0 aromatic heterocycles. The van der Waals surface area contributed by atoms with Gasteiger partial charge in [-0.15, -0.1) is 0 Å². The van der Waals surface area contributed by atoms with Gasteiger partial charge in [0.15, 0.2) is 0 Å². The zero-order chi connectivity index (χ0) is 25.7. The number of esters is 1. The predicted molar refractivity (Wildman–Crippen MR) is 141 cm³/mol. The molecule has 0 aliphatic heterocycles. The van der Waals surface area contributed by atoms with E-state index < -0.39 is 0 Å². The van der Waals surface area contributed by atoms with Gasteiger partial charge in [-0.05, 0) is 57.5 Å². The first-order valence-electron chi connectivity index (χ1n) is 14.0. The van der Waals surface area contributed by atoms with Gasteiger partial charge in [-0.2, -0.15) is 0 Å². The van der Waals surface area contributed by atoms with Crippen LogP contribution in [0.4, 0.5) is 0 Å². The number of hydrogen-bond acceptors (Lipinski definition) is 7. The fourth-order valence-corrected chi connectivity index (χ4v) is 4.84. The first kappa shape index (κ1) is 32.1. The molecular formula is C27H51ClN2O5. The summed E-state index contributed by atoms with van der Waals surface area (Å²) in [6.07, 6.45) is 14.3. The molecule has 206 valence electrons. The normalized spacial score (nSPS) is 15.1. The predicted octanol–water partition coefficient (Wildman–Crippen LogP) is 5.32. The van der Waals surface area contributed by atoms with E-state index in [4.69, 9.17) is 16.6 Å². The SMILES string of the molecule is CC(C)COC(=O)CCCCCN(CCCCCC(=O)OCl)CCN(CCO)C1CCCCCC1. The first-order chi connectivity index (χ1) is 17.0. The van der Waals surface area contributed by atoms with Crippen molar-refractivity contribution in [1.29, 1.82) is 0 Å². The summed E-state index contributed by atoms with van der Waals surface area (Å²) in [5, 5.41) is 9.64. The Morgan fingerprint density at radius 1 is 0.829 bits per heavy atom. The van der Waals surface area contributed by atoms with Gasteiger partial charge in [0.05, 0.1) is 13.2 Å². The number of hydrogen-bond donors (Lipinski definition) is 1. The molecule has 0 bridgehead atoms. The lowest BCUT2D eigenvalue weighted by Crippen LogP contribution is -2.43. The number of halogens is 1. The number of aliphatic hydroxyl groups excluding tert-OH is 1. The Morgan fingerprint density at radius 2 is 1.43 bits per heavy atom. The van der Waals surface area contributed by atoms with Crippen LogP contribution in [-0.4, -0.2) is 78.8 Å². The minimum Gasteiger partial charge on any atom is -0.465 e. The van der Waals surface area contributed by atoms with Crippen LogP contribution in [0.25, 0.3) is 0 Å². The summed E-state index contributed by atoms with van der Waals surface area (Å²) in [5.41, 5.74) is 0. The lowest BCUT2D eigenvalue weighted by Gasteiger charge is -2.33. The molecule has 35 heavy (non-hydrogen) atoms. The van der Waals surface area contributed by atoms with Crippen LogP contribution in [0.2, 0.25) is 0 Å². The topological polar surface area (TPSA) is 79.3 Å². The molecule has 7 nitrogen and oxygen atoms in total. The van der Waals surface area contributed by atoms with Crippen molar-refractivity contribution < 1.29 is 23.7 Å². The number of aliphatic hydroxyl groups is 1. The number of carbonyl (C=O) groups is 2. The summed E-state index contributed by atoms with van der Waals surface area (Å²) in [4.78, 5) is 28.1. The van der Waals surface area contributed by atoms with Crippen LogP contribution in [0.5, 0.6) is 0 Å². The highest BCUT2D eigenvalue weighted by atomic mass is 35.5. The highest BCUT2D eigenvalue weighted by Gasteiger charge is 2.20. The summed E-state index contributed by atoms with van der Waals surface area (Å²) in [5.74, 6) is -0.0796. The molecule has 0 heterocycles. The Balaban J connectivity index is 2.45. The Morgan fingerprint density at radius 3 is 1.97 bits per heavy atom. The molecule has 0 saturated heterocycles. The van der Waals surface area contributed by atoms with Crippen molar-refractivity contribution in [2.24, 2.45) is 5.92 Å². The second-order valence-corrected chi connectivity index (χ2v) is 10.5. The van der Waals surface area contributed by atoms with Gasteiger partial charge in [-0.3, -0.25) is 14.5 Å². The van der Waals surface area contributed by atoms with Crippen LogP contribution < -0.4 is 0 Å². The standard InChI is InChI=1S/C27H51ClN2O5/c1-24(2)23-34-26(32)15-9-5-11-17-29(18-12-6-10-16-27(33)35-28)19-20-30(21-22-31)25-13-7-3-4-8-14-25/h24-25,31H,3-23H2,1-2H3. The summed E-state index contributed by atoms with van der Waals surface area (Å²) in [7, 11) is 0. The third-order valence-electron chi connectivity index (χ3n) is 6.81. The number of nitrogens with zero attached hydrogens (tertiary/aromatic N) is 2. The van der Waals surface area contributed by atoms with E-state index in [2.05, 4.69) is 14.1 Å². The quantitative estimate of drug-likeness (QED) is 0.133. The molecule has 0 unspecified atom stereocenters. The monoisotopic (exact) mass is 518 g/mol. The highest BCUT2D eigenvalue weighted by molar-refractivity contribution is 6.13. The van der Waals surface area contributed by atoms with Crippen LogP contribution in [0.1, 0.15) is 104 Å². The van der Waals surface area contributed by atoms with Crippen molar-refractivity contribution in [3.8, 4) is 0 Å². The van der Waals surface area contributed by atoms with Gasteiger partial charge in [0.2, 0.25) is 0 Å². The average Bonchev–Trinajstić information content (AvgIpc) is 3.13. The van der Waals surface area contributed by atoms with E-state index in [0.717, 1.165) is 71.2 Å². The third-order valence-corrected chi connectivity index (χ3v) is 6.98. The number of rotatable bonds is 20. The average molecular weight is 519 g/mol. The Hall–Kier alpha value is -0.890. The lowest BCUT2D eigenvalue weighted by atomic mass is 10.1. The summed E-state index contributed by atoms with van der Waals surface area (Å²) >= 11 is 5.11. The molecule has 1 aliphatic rings. The largest absolute Gasteiger partial charge is 0.465 e. The van der Waals surface area contributed by atoms with E-state index in [0.29, 0.717) is 31.4 Å².